The highest BCUT2D eigenvalue weighted by Gasteiger charge is 2.36. The maximum Gasteiger partial charge on any atom is 0.274 e. The summed E-state index contributed by atoms with van der Waals surface area (Å²) in [7, 11) is 1.97. The van der Waals surface area contributed by atoms with Crippen LogP contribution in [0.4, 0.5) is 4.39 Å². The summed E-state index contributed by atoms with van der Waals surface area (Å²) >= 11 is 0. The Labute approximate surface area is 110 Å². The van der Waals surface area contributed by atoms with Crippen molar-refractivity contribution in [1.29, 1.82) is 0 Å². The van der Waals surface area contributed by atoms with Gasteiger partial charge in [-0.15, -0.1) is 0 Å². The van der Waals surface area contributed by atoms with Crippen molar-refractivity contribution >= 4 is 5.91 Å². The molecular weight excluding hydrogens is 249 g/mol. The quantitative estimate of drug-likeness (QED) is 0.596. The first kappa shape index (κ1) is 12.5. The van der Waals surface area contributed by atoms with Crippen molar-refractivity contribution in [2.24, 2.45) is 0 Å². The lowest BCUT2D eigenvalue weighted by Gasteiger charge is -2.39. The number of benzene rings is 1. The lowest BCUT2D eigenvalue weighted by atomic mass is 9.94. The summed E-state index contributed by atoms with van der Waals surface area (Å²) in [6.45, 7) is 1.52. The van der Waals surface area contributed by atoms with Gasteiger partial charge in [-0.05, 0) is 30.5 Å². The number of hydrazine groups is 1. The molecule has 2 aliphatic rings. The first-order valence-electron chi connectivity index (χ1n) is 6.36. The van der Waals surface area contributed by atoms with Crippen LogP contribution in [0.3, 0.4) is 0 Å². The second-order valence-electron chi connectivity index (χ2n) is 5.11. The molecule has 1 aromatic carbocycles. The summed E-state index contributed by atoms with van der Waals surface area (Å²) < 4.78 is 14.3. The molecule has 0 aliphatic carbocycles. The molecule has 0 unspecified atom stereocenters. The molecule has 1 atom stereocenters. The van der Waals surface area contributed by atoms with Crippen molar-refractivity contribution in [1.82, 2.24) is 15.5 Å². The molecule has 0 radical (unpaired) electrons. The molecule has 1 fully saturated rings. The number of nitrogens with zero attached hydrogens (tertiary/aromatic N) is 2. The Kier molecular flexibility index (Phi) is 3.00. The lowest BCUT2D eigenvalue weighted by Crippen LogP contribution is -2.43. The van der Waals surface area contributed by atoms with Crippen LogP contribution in [-0.2, 0) is 6.54 Å². The topological polar surface area (TPSA) is 55.8 Å². The van der Waals surface area contributed by atoms with Crippen molar-refractivity contribution in [2.45, 2.75) is 25.4 Å². The average molecular weight is 265 g/mol. The van der Waals surface area contributed by atoms with Gasteiger partial charge in [-0.3, -0.25) is 10.0 Å². The minimum Gasteiger partial charge on any atom is -0.288 e. The van der Waals surface area contributed by atoms with Gasteiger partial charge >= 0.3 is 0 Å². The maximum atomic E-state index is 14.3. The molecule has 2 heterocycles. The Morgan fingerprint density at radius 2 is 2.32 bits per heavy atom. The predicted octanol–water partition coefficient (Wildman–Crippen LogP) is 1.44. The fraction of sp³-hybridized carbons (Fsp3) is 0.462. The Morgan fingerprint density at radius 1 is 1.53 bits per heavy atom. The number of carbonyl (C=O) groups excluding carboxylic acids is 1. The zero-order valence-electron chi connectivity index (χ0n) is 10.7. The van der Waals surface area contributed by atoms with Crippen LogP contribution >= 0.6 is 0 Å². The smallest absolute Gasteiger partial charge is 0.274 e. The van der Waals surface area contributed by atoms with E-state index in [0.717, 1.165) is 24.9 Å². The lowest BCUT2D eigenvalue weighted by molar-refractivity contribution is -0.0358. The van der Waals surface area contributed by atoms with Crippen LogP contribution in [0.1, 0.15) is 40.4 Å². The number of hydrogen-bond donors (Lipinski definition) is 2. The van der Waals surface area contributed by atoms with Gasteiger partial charge in [0.25, 0.3) is 5.91 Å². The summed E-state index contributed by atoms with van der Waals surface area (Å²) in [6.07, 6.45) is 1.98. The molecule has 1 amide bonds. The minimum atomic E-state index is -0.682. The molecule has 0 bridgehead atoms. The van der Waals surface area contributed by atoms with Gasteiger partial charge in [-0.1, -0.05) is 0 Å². The fourth-order valence-electron chi connectivity index (χ4n) is 3.17. The Bertz CT molecular complexity index is 535. The van der Waals surface area contributed by atoms with E-state index in [1.165, 1.54) is 6.07 Å². The van der Waals surface area contributed by atoms with E-state index in [4.69, 9.17) is 5.21 Å². The molecule has 3 rings (SSSR count). The van der Waals surface area contributed by atoms with Crippen LogP contribution in [-0.4, -0.2) is 34.7 Å². The number of halogens is 1. The largest absolute Gasteiger partial charge is 0.288 e. The second kappa shape index (κ2) is 4.56. The number of rotatable bonds is 1. The molecule has 19 heavy (non-hydrogen) atoms. The first-order chi connectivity index (χ1) is 9.11. The normalized spacial score (nSPS) is 23.0. The van der Waals surface area contributed by atoms with E-state index in [-0.39, 0.29) is 17.4 Å². The van der Waals surface area contributed by atoms with Gasteiger partial charge < -0.3 is 0 Å². The summed E-state index contributed by atoms with van der Waals surface area (Å²) in [5.74, 6) is -1.04. The third kappa shape index (κ3) is 1.92. The Morgan fingerprint density at radius 3 is 3.05 bits per heavy atom. The number of hydrogen-bond acceptors (Lipinski definition) is 4. The number of amides is 1. The van der Waals surface area contributed by atoms with Gasteiger partial charge in [-0.2, -0.15) is 0 Å². The Hall–Kier alpha value is -1.50. The van der Waals surface area contributed by atoms with Crippen molar-refractivity contribution < 1.29 is 14.4 Å². The number of fused-ring (bicyclic) bond motifs is 3. The standard InChI is InChI=1S/C13H16FN3O2/c1-16-7-9-5-8(13(18)15-19)6-10(14)12(9)11-3-2-4-17(11)16/h5-6,11,19H,2-4,7H2,1H3,(H,15,18)/t11-/m0/s1. The van der Waals surface area contributed by atoms with Crippen LogP contribution in [0.2, 0.25) is 0 Å². The zero-order valence-corrected chi connectivity index (χ0v) is 10.7. The number of hydroxylamine groups is 1. The fourth-order valence-corrected chi connectivity index (χ4v) is 3.17. The third-order valence-corrected chi connectivity index (χ3v) is 3.97. The summed E-state index contributed by atoms with van der Waals surface area (Å²) in [5, 5.41) is 12.9. The number of carbonyl (C=O) groups is 1. The van der Waals surface area contributed by atoms with Crippen molar-refractivity contribution in [3.63, 3.8) is 0 Å². The highest BCUT2D eigenvalue weighted by atomic mass is 19.1. The van der Waals surface area contributed by atoms with Crippen molar-refractivity contribution in [3.8, 4) is 0 Å². The van der Waals surface area contributed by atoms with E-state index >= 15 is 0 Å². The molecule has 1 saturated heterocycles. The molecule has 0 spiro atoms. The van der Waals surface area contributed by atoms with Gasteiger partial charge in [0.05, 0.1) is 6.04 Å². The van der Waals surface area contributed by atoms with E-state index in [2.05, 4.69) is 10.0 Å². The second-order valence-corrected chi connectivity index (χ2v) is 5.11. The van der Waals surface area contributed by atoms with Gasteiger partial charge in [0, 0.05) is 31.3 Å². The number of nitrogens with one attached hydrogen (secondary N) is 1. The maximum absolute atomic E-state index is 14.3. The van der Waals surface area contributed by atoms with Crippen molar-refractivity contribution in [3.05, 3.63) is 34.6 Å². The molecule has 0 saturated carbocycles. The highest BCUT2D eigenvalue weighted by Crippen LogP contribution is 2.40. The molecular formula is C13H16FN3O2. The van der Waals surface area contributed by atoms with E-state index in [9.17, 15) is 9.18 Å². The van der Waals surface area contributed by atoms with Crippen LogP contribution in [0, 0.1) is 5.82 Å². The third-order valence-electron chi connectivity index (χ3n) is 3.97. The van der Waals surface area contributed by atoms with E-state index in [1.54, 1.807) is 11.5 Å². The molecule has 2 aliphatic heterocycles. The highest BCUT2D eigenvalue weighted by molar-refractivity contribution is 5.93. The van der Waals surface area contributed by atoms with Crippen molar-refractivity contribution in [2.75, 3.05) is 13.6 Å². The molecule has 6 heteroatoms. The SMILES string of the molecule is CN1Cc2cc(C(=O)NO)cc(F)c2[C@@H]2CCCN21. The van der Waals surface area contributed by atoms with Crippen LogP contribution in [0.25, 0.3) is 0 Å². The molecule has 2 N–H and O–H groups in total. The van der Waals surface area contributed by atoms with Crippen LogP contribution < -0.4 is 5.48 Å². The summed E-state index contributed by atoms with van der Waals surface area (Å²) in [6, 6.07) is 2.93. The molecule has 0 aromatic heterocycles. The van der Waals surface area contributed by atoms with Gasteiger partial charge in [0.2, 0.25) is 0 Å². The molecule has 5 nitrogen and oxygen atoms in total. The van der Waals surface area contributed by atoms with Gasteiger partial charge in [0.1, 0.15) is 5.82 Å². The predicted molar refractivity (Wildman–Crippen MR) is 65.8 cm³/mol. The van der Waals surface area contributed by atoms with Gasteiger partial charge in [-0.25, -0.2) is 19.9 Å². The van der Waals surface area contributed by atoms with E-state index < -0.39 is 5.91 Å². The zero-order chi connectivity index (χ0) is 13.6. The van der Waals surface area contributed by atoms with Crippen LogP contribution in [0.15, 0.2) is 12.1 Å². The van der Waals surface area contributed by atoms with Crippen LogP contribution in [0.5, 0.6) is 0 Å². The molecule has 1 aromatic rings. The summed E-state index contributed by atoms with van der Waals surface area (Å²) in [4.78, 5) is 11.4. The summed E-state index contributed by atoms with van der Waals surface area (Å²) in [5.41, 5.74) is 3.22. The average Bonchev–Trinajstić information content (AvgIpc) is 2.86. The molecule has 102 valence electrons. The van der Waals surface area contributed by atoms with E-state index in [1.807, 2.05) is 7.05 Å². The van der Waals surface area contributed by atoms with E-state index in [0.29, 0.717) is 12.1 Å². The first-order valence-corrected chi connectivity index (χ1v) is 6.36. The monoisotopic (exact) mass is 265 g/mol. The minimum absolute atomic E-state index is 0.0694. The Balaban J connectivity index is 2.08. The van der Waals surface area contributed by atoms with Gasteiger partial charge in [0.15, 0.2) is 0 Å².